The van der Waals surface area contributed by atoms with Gasteiger partial charge in [-0.1, -0.05) is 13.8 Å². The van der Waals surface area contributed by atoms with Crippen LogP contribution in [0.15, 0.2) is 0 Å². The van der Waals surface area contributed by atoms with Gasteiger partial charge >= 0.3 is 0 Å². The van der Waals surface area contributed by atoms with Crippen molar-refractivity contribution in [1.29, 1.82) is 0 Å². The molecule has 2 nitrogen and oxygen atoms in total. The van der Waals surface area contributed by atoms with Gasteiger partial charge in [0.05, 0.1) is 12.7 Å². The Balaban J connectivity index is 1.87. The largest absolute Gasteiger partial charge is 0.378 e. The van der Waals surface area contributed by atoms with E-state index in [1.165, 1.54) is 0 Å². The van der Waals surface area contributed by atoms with Crippen molar-refractivity contribution < 1.29 is 9.53 Å². The molecule has 1 aliphatic heterocycles. The van der Waals surface area contributed by atoms with Crippen LogP contribution in [0.25, 0.3) is 0 Å². The van der Waals surface area contributed by atoms with E-state index >= 15 is 0 Å². The summed E-state index contributed by atoms with van der Waals surface area (Å²) < 4.78 is 5.69. The predicted molar refractivity (Wildman–Crippen MR) is 50.5 cm³/mol. The van der Waals surface area contributed by atoms with Crippen LogP contribution in [-0.4, -0.2) is 19.0 Å². The van der Waals surface area contributed by atoms with Crippen LogP contribution >= 0.6 is 0 Å². The Labute approximate surface area is 79.7 Å². The average Bonchev–Trinajstić information content (AvgIpc) is 2.74. The summed E-state index contributed by atoms with van der Waals surface area (Å²) in [7, 11) is 0. The summed E-state index contributed by atoms with van der Waals surface area (Å²) in [5.41, 5.74) is 0.342. The second-order valence-corrected chi connectivity index (χ2v) is 5.49. The van der Waals surface area contributed by atoms with Gasteiger partial charge in [0, 0.05) is 5.41 Å². The van der Waals surface area contributed by atoms with E-state index < -0.39 is 0 Å². The Kier molecular flexibility index (Phi) is 1.99. The van der Waals surface area contributed by atoms with Gasteiger partial charge in [-0.05, 0) is 31.1 Å². The van der Waals surface area contributed by atoms with Crippen LogP contribution in [-0.2, 0) is 9.53 Å². The van der Waals surface area contributed by atoms with Gasteiger partial charge in [-0.3, -0.25) is 0 Å². The molecule has 1 aliphatic carbocycles. The fourth-order valence-electron chi connectivity index (χ4n) is 2.19. The van der Waals surface area contributed by atoms with Crippen LogP contribution in [0, 0.1) is 10.8 Å². The predicted octanol–water partition coefficient (Wildman–Crippen LogP) is 2.17. The smallest absolute Gasteiger partial charge is 0.126 e. The second-order valence-electron chi connectivity index (χ2n) is 5.49. The summed E-state index contributed by atoms with van der Waals surface area (Å²) >= 11 is 0. The summed E-state index contributed by atoms with van der Waals surface area (Å²) in [6.45, 7) is 5.31. The molecule has 0 amide bonds. The van der Waals surface area contributed by atoms with Crippen molar-refractivity contribution in [3.8, 4) is 0 Å². The highest BCUT2D eigenvalue weighted by Gasteiger charge is 2.46. The van der Waals surface area contributed by atoms with Crippen LogP contribution in [0.4, 0.5) is 0 Å². The summed E-state index contributed by atoms with van der Waals surface area (Å²) in [5, 5.41) is 0. The Morgan fingerprint density at radius 3 is 2.54 bits per heavy atom. The number of hydrogen-bond acceptors (Lipinski definition) is 2. The van der Waals surface area contributed by atoms with E-state index in [0.29, 0.717) is 11.5 Å². The van der Waals surface area contributed by atoms with E-state index in [4.69, 9.17) is 4.74 Å². The van der Waals surface area contributed by atoms with Crippen molar-refractivity contribution in [1.82, 2.24) is 0 Å². The first-order valence-corrected chi connectivity index (χ1v) is 5.13. The van der Waals surface area contributed by atoms with Crippen molar-refractivity contribution >= 4 is 6.29 Å². The van der Waals surface area contributed by atoms with Crippen LogP contribution < -0.4 is 0 Å². The van der Waals surface area contributed by atoms with Crippen molar-refractivity contribution in [3.05, 3.63) is 0 Å². The van der Waals surface area contributed by atoms with E-state index in [0.717, 1.165) is 38.6 Å². The first kappa shape index (κ1) is 9.20. The third-order valence-corrected chi connectivity index (χ3v) is 3.27. The number of ether oxygens (including phenoxy) is 1. The zero-order chi connectivity index (χ0) is 9.53. The molecule has 13 heavy (non-hydrogen) atoms. The molecule has 1 saturated carbocycles. The zero-order valence-corrected chi connectivity index (χ0v) is 8.51. The first-order chi connectivity index (χ1) is 6.05. The molecule has 0 aromatic heterocycles. The summed E-state index contributed by atoms with van der Waals surface area (Å²) in [6, 6.07) is 0. The van der Waals surface area contributed by atoms with Crippen molar-refractivity contribution in [2.24, 2.45) is 10.8 Å². The molecule has 0 aromatic carbocycles. The van der Waals surface area contributed by atoms with Crippen LogP contribution in [0.5, 0.6) is 0 Å². The van der Waals surface area contributed by atoms with Gasteiger partial charge in [0.2, 0.25) is 0 Å². The lowest BCUT2D eigenvalue weighted by atomic mass is 9.87. The van der Waals surface area contributed by atoms with Crippen LogP contribution in [0.3, 0.4) is 0 Å². The fourth-order valence-corrected chi connectivity index (χ4v) is 2.19. The lowest BCUT2D eigenvalue weighted by molar-refractivity contribution is -0.113. The van der Waals surface area contributed by atoms with Crippen molar-refractivity contribution in [3.63, 3.8) is 0 Å². The normalized spacial score (nSPS) is 34.5. The average molecular weight is 182 g/mol. The van der Waals surface area contributed by atoms with Gasteiger partial charge in [0.15, 0.2) is 0 Å². The quantitative estimate of drug-likeness (QED) is 0.625. The van der Waals surface area contributed by atoms with Gasteiger partial charge in [-0.25, -0.2) is 0 Å². The third kappa shape index (κ3) is 1.93. The van der Waals surface area contributed by atoms with E-state index in [9.17, 15) is 4.79 Å². The minimum atomic E-state index is 0.0189. The van der Waals surface area contributed by atoms with Crippen LogP contribution in [0.1, 0.15) is 39.5 Å². The molecular formula is C11H18O2. The minimum absolute atomic E-state index is 0.0189. The van der Waals surface area contributed by atoms with E-state index in [-0.39, 0.29) is 5.41 Å². The lowest BCUT2D eigenvalue weighted by Crippen LogP contribution is -2.15. The number of aldehydes is 1. The molecule has 1 unspecified atom stereocenters. The molecular weight excluding hydrogens is 164 g/mol. The van der Waals surface area contributed by atoms with Gasteiger partial charge in [-0.2, -0.15) is 0 Å². The molecule has 2 rings (SSSR count). The number of carbonyl (C=O) groups excluding carboxylic acids is 1. The molecule has 1 heterocycles. The van der Waals surface area contributed by atoms with Gasteiger partial charge in [0.25, 0.3) is 0 Å². The summed E-state index contributed by atoms with van der Waals surface area (Å²) in [6.07, 6.45) is 5.71. The molecule has 0 N–H and O–H groups in total. The molecule has 74 valence electrons. The summed E-state index contributed by atoms with van der Waals surface area (Å²) in [4.78, 5) is 10.8. The molecule has 0 spiro atoms. The van der Waals surface area contributed by atoms with Gasteiger partial charge < -0.3 is 9.53 Å². The van der Waals surface area contributed by atoms with E-state index in [1.54, 1.807) is 0 Å². The Morgan fingerprint density at radius 1 is 1.46 bits per heavy atom. The Bertz CT molecular complexity index is 216. The standard InChI is InChI=1S/C11H18O2/c1-10(2)5-9(13-8-10)6-11(7-12)3-4-11/h7,9H,3-6,8H2,1-2H3. The van der Waals surface area contributed by atoms with E-state index in [2.05, 4.69) is 13.8 Å². The SMILES string of the molecule is CC1(C)COC(CC2(C=O)CC2)C1. The summed E-state index contributed by atoms with van der Waals surface area (Å²) in [5.74, 6) is 0. The molecule has 2 fully saturated rings. The number of hydrogen-bond donors (Lipinski definition) is 0. The second kappa shape index (κ2) is 2.81. The molecule has 0 aromatic rings. The topological polar surface area (TPSA) is 26.3 Å². The molecule has 1 saturated heterocycles. The highest BCUT2D eigenvalue weighted by Crippen LogP contribution is 2.50. The molecule has 0 bridgehead atoms. The first-order valence-electron chi connectivity index (χ1n) is 5.13. The van der Waals surface area contributed by atoms with Gasteiger partial charge in [-0.15, -0.1) is 0 Å². The zero-order valence-electron chi connectivity index (χ0n) is 8.51. The molecule has 1 atom stereocenters. The Morgan fingerprint density at radius 2 is 2.15 bits per heavy atom. The fraction of sp³-hybridized carbons (Fsp3) is 0.909. The maximum atomic E-state index is 10.8. The van der Waals surface area contributed by atoms with Crippen LogP contribution in [0.2, 0.25) is 0 Å². The maximum Gasteiger partial charge on any atom is 0.126 e. The maximum absolute atomic E-state index is 10.8. The molecule has 2 heteroatoms. The number of carbonyl (C=O) groups is 1. The van der Waals surface area contributed by atoms with Crippen molar-refractivity contribution in [2.75, 3.05) is 6.61 Å². The van der Waals surface area contributed by atoms with E-state index in [1.807, 2.05) is 0 Å². The molecule has 0 radical (unpaired) electrons. The monoisotopic (exact) mass is 182 g/mol. The molecule has 2 aliphatic rings. The third-order valence-electron chi connectivity index (χ3n) is 3.27. The lowest BCUT2D eigenvalue weighted by Gasteiger charge is -2.15. The number of rotatable bonds is 3. The Hall–Kier alpha value is -0.370. The highest BCUT2D eigenvalue weighted by atomic mass is 16.5. The minimum Gasteiger partial charge on any atom is -0.378 e. The highest BCUT2D eigenvalue weighted by molar-refractivity contribution is 5.63. The van der Waals surface area contributed by atoms with Gasteiger partial charge in [0.1, 0.15) is 6.29 Å². The van der Waals surface area contributed by atoms with Crippen molar-refractivity contribution in [2.45, 2.75) is 45.6 Å².